The van der Waals surface area contributed by atoms with E-state index in [1.807, 2.05) is 0 Å². The SMILES string of the molecule is O=C(O)c1ccc(Cl)c(S(=O)(=O)Nc2ccc(Cl)nn2)c1. The molecule has 10 heteroatoms. The second-order valence-corrected chi connectivity index (χ2v) is 6.24. The van der Waals surface area contributed by atoms with Crippen molar-refractivity contribution in [2.45, 2.75) is 4.90 Å². The van der Waals surface area contributed by atoms with Gasteiger partial charge in [-0.15, -0.1) is 10.2 Å². The van der Waals surface area contributed by atoms with Gasteiger partial charge >= 0.3 is 5.97 Å². The number of aromatic carboxylic acids is 1. The van der Waals surface area contributed by atoms with Crippen LogP contribution in [0.3, 0.4) is 0 Å². The van der Waals surface area contributed by atoms with E-state index in [1.54, 1.807) is 0 Å². The van der Waals surface area contributed by atoms with Crippen LogP contribution in [-0.4, -0.2) is 29.7 Å². The zero-order valence-corrected chi connectivity index (χ0v) is 12.4. The number of nitrogens with zero attached hydrogens (tertiary/aromatic N) is 2. The van der Waals surface area contributed by atoms with Crippen LogP contribution in [-0.2, 0) is 10.0 Å². The molecule has 0 saturated heterocycles. The van der Waals surface area contributed by atoms with E-state index in [4.69, 9.17) is 28.3 Å². The molecule has 0 amide bonds. The average molecular weight is 348 g/mol. The average Bonchev–Trinajstić information content (AvgIpc) is 2.41. The number of anilines is 1. The summed E-state index contributed by atoms with van der Waals surface area (Å²) in [6.07, 6.45) is 0. The largest absolute Gasteiger partial charge is 0.478 e. The van der Waals surface area contributed by atoms with Crippen LogP contribution in [0.5, 0.6) is 0 Å². The lowest BCUT2D eigenvalue weighted by Gasteiger charge is -2.09. The predicted molar refractivity (Wildman–Crippen MR) is 76.3 cm³/mol. The van der Waals surface area contributed by atoms with E-state index >= 15 is 0 Å². The van der Waals surface area contributed by atoms with Gasteiger partial charge in [-0.3, -0.25) is 4.72 Å². The maximum absolute atomic E-state index is 12.2. The van der Waals surface area contributed by atoms with Crippen molar-refractivity contribution in [3.05, 3.63) is 46.1 Å². The zero-order chi connectivity index (χ0) is 15.6. The van der Waals surface area contributed by atoms with Crippen molar-refractivity contribution in [3.63, 3.8) is 0 Å². The molecule has 1 aromatic carbocycles. The summed E-state index contributed by atoms with van der Waals surface area (Å²) in [5, 5.41) is 15.9. The molecule has 0 unspecified atom stereocenters. The van der Waals surface area contributed by atoms with E-state index in [2.05, 4.69) is 14.9 Å². The Bertz CT molecular complexity index is 794. The van der Waals surface area contributed by atoms with Crippen LogP contribution in [0.4, 0.5) is 5.82 Å². The van der Waals surface area contributed by atoms with Gasteiger partial charge in [-0.2, -0.15) is 0 Å². The highest BCUT2D eigenvalue weighted by Crippen LogP contribution is 2.24. The summed E-state index contributed by atoms with van der Waals surface area (Å²) in [5.74, 6) is -1.34. The quantitative estimate of drug-likeness (QED) is 0.877. The molecule has 2 N–H and O–H groups in total. The maximum atomic E-state index is 12.2. The fraction of sp³-hybridized carbons (Fsp3) is 0. The Kier molecular flexibility index (Phi) is 4.31. The molecule has 2 aromatic rings. The molecule has 2 rings (SSSR count). The second kappa shape index (κ2) is 5.84. The van der Waals surface area contributed by atoms with E-state index in [0.29, 0.717) is 0 Å². The van der Waals surface area contributed by atoms with E-state index in [9.17, 15) is 13.2 Å². The van der Waals surface area contributed by atoms with Gasteiger partial charge in [0.05, 0.1) is 10.6 Å². The minimum absolute atomic E-state index is 0.0730. The number of carboxylic acids is 1. The van der Waals surface area contributed by atoms with Crippen LogP contribution in [0.2, 0.25) is 10.2 Å². The minimum Gasteiger partial charge on any atom is -0.478 e. The van der Waals surface area contributed by atoms with Gasteiger partial charge in [-0.05, 0) is 30.3 Å². The Balaban J connectivity index is 2.41. The molecule has 1 aromatic heterocycles. The second-order valence-electron chi connectivity index (χ2n) is 3.80. The third-order valence-corrected chi connectivity index (χ3v) is 4.38. The number of halogens is 2. The Morgan fingerprint density at radius 3 is 2.43 bits per heavy atom. The Labute approximate surface area is 129 Å². The molecule has 0 aliphatic rings. The summed E-state index contributed by atoms with van der Waals surface area (Å²) >= 11 is 11.4. The van der Waals surface area contributed by atoms with Gasteiger partial charge in [0.2, 0.25) is 0 Å². The molecule has 0 radical (unpaired) electrons. The smallest absolute Gasteiger partial charge is 0.335 e. The van der Waals surface area contributed by atoms with Gasteiger partial charge in [0, 0.05) is 0 Å². The Morgan fingerprint density at radius 2 is 1.86 bits per heavy atom. The lowest BCUT2D eigenvalue weighted by Crippen LogP contribution is -2.15. The molecule has 0 bridgehead atoms. The van der Waals surface area contributed by atoms with Crippen molar-refractivity contribution in [2.24, 2.45) is 0 Å². The molecule has 0 aliphatic heterocycles. The van der Waals surface area contributed by atoms with Crippen molar-refractivity contribution in [1.82, 2.24) is 10.2 Å². The van der Waals surface area contributed by atoms with Crippen molar-refractivity contribution in [3.8, 4) is 0 Å². The van der Waals surface area contributed by atoms with Gasteiger partial charge < -0.3 is 5.11 Å². The number of benzene rings is 1. The monoisotopic (exact) mass is 347 g/mol. The number of aromatic nitrogens is 2. The highest BCUT2D eigenvalue weighted by atomic mass is 35.5. The lowest BCUT2D eigenvalue weighted by atomic mass is 10.2. The minimum atomic E-state index is -4.10. The summed E-state index contributed by atoms with van der Waals surface area (Å²) in [4.78, 5) is 10.5. The fourth-order valence-electron chi connectivity index (χ4n) is 1.41. The number of carboxylic acid groups (broad SMARTS) is 1. The van der Waals surface area contributed by atoms with Crippen LogP contribution in [0.25, 0.3) is 0 Å². The van der Waals surface area contributed by atoms with Crippen LogP contribution in [0.15, 0.2) is 35.2 Å². The van der Waals surface area contributed by atoms with E-state index < -0.39 is 16.0 Å². The number of nitrogens with one attached hydrogen (secondary N) is 1. The van der Waals surface area contributed by atoms with Crippen molar-refractivity contribution >= 4 is 45.0 Å². The van der Waals surface area contributed by atoms with Crippen molar-refractivity contribution in [2.75, 3.05) is 4.72 Å². The van der Waals surface area contributed by atoms with Gasteiger partial charge in [-0.25, -0.2) is 13.2 Å². The summed E-state index contributed by atoms with van der Waals surface area (Å²) in [6.45, 7) is 0. The molecule has 21 heavy (non-hydrogen) atoms. The summed E-state index contributed by atoms with van der Waals surface area (Å²) in [5.41, 5.74) is -0.207. The molecule has 1 heterocycles. The summed E-state index contributed by atoms with van der Waals surface area (Å²) < 4.78 is 26.5. The number of sulfonamides is 1. The third-order valence-electron chi connectivity index (χ3n) is 2.34. The van der Waals surface area contributed by atoms with Gasteiger partial charge in [0.1, 0.15) is 4.90 Å². The Morgan fingerprint density at radius 1 is 1.14 bits per heavy atom. The third kappa shape index (κ3) is 3.60. The number of hydrogen-bond acceptors (Lipinski definition) is 5. The fourth-order valence-corrected chi connectivity index (χ4v) is 3.03. The molecule has 0 spiro atoms. The first kappa shape index (κ1) is 15.5. The van der Waals surface area contributed by atoms with Crippen LogP contribution >= 0.6 is 23.2 Å². The van der Waals surface area contributed by atoms with Crippen molar-refractivity contribution in [1.29, 1.82) is 0 Å². The number of rotatable bonds is 4. The number of carbonyl (C=O) groups is 1. The van der Waals surface area contributed by atoms with Crippen molar-refractivity contribution < 1.29 is 18.3 Å². The summed E-state index contributed by atoms with van der Waals surface area (Å²) in [6, 6.07) is 6.00. The van der Waals surface area contributed by atoms with E-state index in [-0.39, 0.29) is 26.5 Å². The first-order chi connectivity index (χ1) is 9.79. The molecule has 0 fully saturated rings. The van der Waals surface area contributed by atoms with Gasteiger partial charge in [0.15, 0.2) is 11.0 Å². The zero-order valence-electron chi connectivity index (χ0n) is 10.1. The molecular formula is C11H7Cl2N3O4S. The standard InChI is InChI=1S/C11H7Cl2N3O4S/c12-7-2-1-6(11(17)18)5-8(7)21(19,20)16-10-4-3-9(13)14-15-10/h1-5H,(H,15,16)(H,17,18). The normalized spacial score (nSPS) is 11.1. The molecule has 110 valence electrons. The first-order valence-corrected chi connectivity index (χ1v) is 7.58. The van der Waals surface area contributed by atoms with Crippen LogP contribution in [0.1, 0.15) is 10.4 Å². The van der Waals surface area contributed by atoms with E-state index in [1.165, 1.54) is 24.3 Å². The molecule has 0 saturated carbocycles. The van der Waals surface area contributed by atoms with Crippen LogP contribution in [0, 0.1) is 0 Å². The molecular weight excluding hydrogens is 341 g/mol. The maximum Gasteiger partial charge on any atom is 0.335 e. The van der Waals surface area contributed by atoms with Gasteiger partial charge in [-0.1, -0.05) is 23.2 Å². The number of hydrogen-bond donors (Lipinski definition) is 2. The highest BCUT2D eigenvalue weighted by molar-refractivity contribution is 7.92. The van der Waals surface area contributed by atoms with Crippen LogP contribution < -0.4 is 4.72 Å². The molecule has 0 atom stereocenters. The molecule has 7 nitrogen and oxygen atoms in total. The molecule has 0 aliphatic carbocycles. The first-order valence-electron chi connectivity index (χ1n) is 5.34. The Hall–Kier alpha value is -1.90. The highest BCUT2D eigenvalue weighted by Gasteiger charge is 2.20. The van der Waals surface area contributed by atoms with E-state index in [0.717, 1.165) is 6.07 Å². The summed E-state index contributed by atoms with van der Waals surface area (Å²) in [7, 11) is -4.10. The van der Waals surface area contributed by atoms with Gasteiger partial charge in [0.25, 0.3) is 10.0 Å². The predicted octanol–water partition coefficient (Wildman–Crippen LogP) is 2.28. The topological polar surface area (TPSA) is 109 Å². The lowest BCUT2D eigenvalue weighted by molar-refractivity contribution is 0.0696.